The average Bonchev–Trinajstić information content (AvgIpc) is 2.77. The maximum absolute atomic E-state index is 10.5. The van der Waals surface area contributed by atoms with E-state index in [9.17, 15) is 4.79 Å². The number of morpholine rings is 1. The Hall–Kier alpha value is -1.20. The van der Waals surface area contributed by atoms with Gasteiger partial charge in [-0.05, 0) is 13.8 Å². The van der Waals surface area contributed by atoms with Gasteiger partial charge in [0.25, 0.3) is 0 Å². The third kappa shape index (κ3) is 3.14. The minimum atomic E-state index is 0.180. The summed E-state index contributed by atoms with van der Waals surface area (Å²) >= 11 is 0. The van der Waals surface area contributed by atoms with Gasteiger partial charge in [0.1, 0.15) is 5.69 Å². The Kier molecular flexibility index (Phi) is 3.91. The Balaban J connectivity index is 1.92. The average molecular weight is 237 g/mol. The molecule has 94 valence electrons. The number of carbonyl (C=O) groups excluding carboxylic acids is 1. The molecule has 5 heteroatoms. The molecule has 1 aromatic heterocycles. The molecule has 0 N–H and O–H groups in total. The summed E-state index contributed by atoms with van der Waals surface area (Å²) in [5, 5.41) is 0. The van der Waals surface area contributed by atoms with E-state index in [2.05, 4.69) is 23.7 Å². The van der Waals surface area contributed by atoms with E-state index in [4.69, 9.17) is 4.74 Å². The Labute approximate surface area is 101 Å². The zero-order chi connectivity index (χ0) is 12.3. The smallest absolute Gasteiger partial charge is 0.169 e. The second-order valence-electron chi connectivity index (χ2n) is 4.69. The van der Waals surface area contributed by atoms with Gasteiger partial charge in [-0.2, -0.15) is 0 Å². The highest BCUT2D eigenvalue weighted by Gasteiger charge is 2.22. The van der Waals surface area contributed by atoms with E-state index in [1.165, 1.54) is 0 Å². The molecule has 0 bridgehead atoms. The van der Waals surface area contributed by atoms with Gasteiger partial charge in [-0.25, -0.2) is 4.98 Å². The number of nitrogens with zero attached hydrogens (tertiary/aromatic N) is 3. The van der Waals surface area contributed by atoms with Crippen LogP contribution in [0, 0.1) is 0 Å². The van der Waals surface area contributed by atoms with Crippen LogP contribution in [0.15, 0.2) is 12.5 Å². The lowest BCUT2D eigenvalue weighted by molar-refractivity contribution is -0.0456. The first kappa shape index (κ1) is 12.3. The molecule has 2 heterocycles. The molecule has 0 radical (unpaired) electrons. The Morgan fingerprint density at radius 2 is 2.47 bits per heavy atom. The molecule has 1 aromatic rings. The standard InChI is InChI=1S/C12H19N3O2/c1-10(2)15-3-4-17-12(7-15)6-14-5-11(8-16)13-9-14/h5,8-10,12H,3-4,6-7H2,1-2H3. The van der Waals surface area contributed by atoms with E-state index in [1.807, 2.05) is 4.57 Å². The fourth-order valence-corrected chi connectivity index (χ4v) is 2.09. The van der Waals surface area contributed by atoms with Crippen molar-refractivity contribution < 1.29 is 9.53 Å². The number of aldehydes is 1. The summed E-state index contributed by atoms with van der Waals surface area (Å²) in [4.78, 5) is 16.9. The number of ether oxygens (including phenoxy) is 1. The van der Waals surface area contributed by atoms with Gasteiger partial charge >= 0.3 is 0 Å². The van der Waals surface area contributed by atoms with Crippen molar-refractivity contribution in [3.8, 4) is 0 Å². The summed E-state index contributed by atoms with van der Waals surface area (Å²) < 4.78 is 7.64. The molecule has 1 aliphatic rings. The molecule has 0 aliphatic carbocycles. The maximum Gasteiger partial charge on any atom is 0.169 e. The van der Waals surface area contributed by atoms with Crippen LogP contribution >= 0.6 is 0 Å². The summed E-state index contributed by atoms with van der Waals surface area (Å²) in [7, 11) is 0. The number of hydrogen-bond donors (Lipinski definition) is 0. The number of aromatic nitrogens is 2. The first-order valence-corrected chi connectivity index (χ1v) is 6.01. The van der Waals surface area contributed by atoms with Crippen molar-refractivity contribution in [3.05, 3.63) is 18.2 Å². The second kappa shape index (κ2) is 5.42. The van der Waals surface area contributed by atoms with Crippen LogP contribution < -0.4 is 0 Å². The lowest BCUT2D eigenvalue weighted by Crippen LogP contribution is -2.47. The highest BCUT2D eigenvalue weighted by molar-refractivity contribution is 5.70. The summed E-state index contributed by atoms with van der Waals surface area (Å²) in [5.41, 5.74) is 0.474. The molecule has 0 aromatic carbocycles. The van der Waals surface area contributed by atoms with Gasteiger partial charge in [0.05, 0.1) is 25.6 Å². The predicted molar refractivity (Wildman–Crippen MR) is 64.1 cm³/mol. The monoisotopic (exact) mass is 237 g/mol. The van der Waals surface area contributed by atoms with Gasteiger partial charge in [-0.1, -0.05) is 0 Å². The topological polar surface area (TPSA) is 47.4 Å². The van der Waals surface area contributed by atoms with Crippen LogP contribution in [0.25, 0.3) is 0 Å². The normalized spacial score (nSPS) is 21.9. The van der Waals surface area contributed by atoms with E-state index >= 15 is 0 Å². The molecule has 0 spiro atoms. The number of imidazole rings is 1. The molecular weight excluding hydrogens is 218 g/mol. The van der Waals surface area contributed by atoms with Crippen LogP contribution in [0.1, 0.15) is 24.3 Å². The van der Waals surface area contributed by atoms with Crippen LogP contribution in [0.4, 0.5) is 0 Å². The maximum atomic E-state index is 10.5. The molecule has 2 rings (SSSR count). The van der Waals surface area contributed by atoms with Crippen molar-refractivity contribution in [1.82, 2.24) is 14.5 Å². The molecule has 1 unspecified atom stereocenters. The molecule has 1 aliphatic heterocycles. The second-order valence-corrected chi connectivity index (χ2v) is 4.69. The molecule has 17 heavy (non-hydrogen) atoms. The highest BCUT2D eigenvalue weighted by Crippen LogP contribution is 2.10. The minimum absolute atomic E-state index is 0.180. The van der Waals surface area contributed by atoms with E-state index in [0.717, 1.165) is 32.5 Å². The third-order valence-corrected chi connectivity index (χ3v) is 3.09. The van der Waals surface area contributed by atoms with Gasteiger partial charge in [0.2, 0.25) is 0 Å². The summed E-state index contributed by atoms with van der Waals surface area (Å²) in [6.45, 7) is 7.86. The lowest BCUT2D eigenvalue weighted by atomic mass is 10.2. The van der Waals surface area contributed by atoms with Crippen molar-refractivity contribution >= 4 is 6.29 Å². The van der Waals surface area contributed by atoms with Crippen molar-refractivity contribution in [1.29, 1.82) is 0 Å². The molecular formula is C12H19N3O2. The fraction of sp³-hybridized carbons (Fsp3) is 0.667. The van der Waals surface area contributed by atoms with Gasteiger partial charge in [0, 0.05) is 25.3 Å². The van der Waals surface area contributed by atoms with Crippen LogP contribution in [-0.4, -0.2) is 52.6 Å². The van der Waals surface area contributed by atoms with Crippen LogP contribution in [-0.2, 0) is 11.3 Å². The predicted octanol–water partition coefficient (Wildman–Crippen LogP) is 0.805. The molecule has 5 nitrogen and oxygen atoms in total. The first-order chi connectivity index (χ1) is 8.19. The largest absolute Gasteiger partial charge is 0.374 e. The van der Waals surface area contributed by atoms with Crippen molar-refractivity contribution in [3.63, 3.8) is 0 Å². The number of rotatable bonds is 4. The highest BCUT2D eigenvalue weighted by atomic mass is 16.5. The van der Waals surface area contributed by atoms with E-state index in [1.54, 1.807) is 12.5 Å². The number of hydrogen-bond acceptors (Lipinski definition) is 4. The van der Waals surface area contributed by atoms with Gasteiger partial charge in [-0.15, -0.1) is 0 Å². The SMILES string of the molecule is CC(C)N1CCOC(Cn2cnc(C=O)c2)C1. The molecule has 1 saturated heterocycles. The van der Waals surface area contributed by atoms with Crippen molar-refractivity contribution in [2.45, 2.75) is 32.5 Å². The Morgan fingerprint density at radius 3 is 3.12 bits per heavy atom. The zero-order valence-corrected chi connectivity index (χ0v) is 10.4. The molecule has 0 amide bonds. The lowest BCUT2D eigenvalue weighted by Gasteiger charge is -2.35. The van der Waals surface area contributed by atoms with Crippen molar-refractivity contribution in [2.75, 3.05) is 19.7 Å². The molecule has 1 atom stereocenters. The summed E-state index contributed by atoms with van der Waals surface area (Å²) in [6, 6.07) is 0.551. The van der Waals surface area contributed by atoms with Crippen LogP contribution in [0.2, 0.25) is 0 Å². The summed E-state index contributed by atoms with van der Waals surface area (Å²) in [6.07, 6.45) is 4.38. The van der Waals surface area contributed by atoms with Crippen LogP contribution in [0.3, 0.4) is 0 Å². The van der Waals surface area contributed by atoms with Gasteiger partial charge in [-0.3, -0.25) is 9.69 Å². The third-order valence-electron chi connectivity index (χ3n) is 3.09. The van der Waals surface area contributed by atoms with E-state index < -0.39 is 0 Å². The van der Waals surface area contributed by atoms with Gasteiger partial charge in [0.15, 0.2) is 6.29 Å². The summed E-state index contributed by atoms with van der Waals surface area (Å²) in [5.74, 6) is 0. The minimum Gasteiger partial charge on any atom is -0.374 e. The zero-order valence-electron chi connectivity index (χ0n) is 10.4. The Bertz CT molecular complexity index is 376. The van der Waals surface area contributed by atoms with Crippen molar-refractivity contribution in [2.24, 2.45) is 0 Å². The van der Waals surface area contributed by atoms with E-state index in [-0.39, 0.29) is 6.10 Å². The molecule has 1 fully saturated rings. The van der Waals surface area contributed by atoms with E-state index in [0.29, 0.717) is 11.7 Å². The number of carbonyl (C=O) groups is 1. The Morgan fingerprint density at radius 1 is 1.65 bits per heavy atom. The van der Waals surface area contributed by atoms with Gasteiger partial charge < -0.3 is 9.30 Å². The van der Waals surface area contributed by atoms with Crippen LogP contribution in [0.5, 0.6) is 0 Å². The quantitative estimate of drug-likeness (QED) is 0.727. The molecule has 0 saturated carbocycles. The fourth-order valence-electron chi connectivity index (χ4n) is 2.09. The first-order valence-electron chi connectivity index (χ1n) is 6.01.